The van der Waals surface area contributed by atoms with Crippen LogP contribution < -0.4 is 10.1 Å². The molecule has 158 valence electrons. The van der Waals surface area contributed by atoms with Crippen molar-refractivity contribution in [3.05, 3.63) is 65.7 Å². The van der Waals surface area contributed by atoms with Gasteiger partial charge in [-0.25, -0.2) is 4.79 Å². The summed E-state index contributed by atoms with van der Waals surface area (Å²) in [5, 5.41) is 12.6. The molecule has 0 aromatic heterocycles. The molecule has 0 radical (unpaired) electrons. The highest BCUT2D eigenvalue weighted by atomic mass is 16.5. The van der Waals surface area contributed by atoms with Crippen molar-refractivity contribution in [1.82, 2.24) is 0 Å². The van der Waals surface area contributed by atoms with Crippen LogP contribution in [0.25, 0.3) is 5.57 Å². The minimum Gasteiger partial charge on any atom is -0.497 e. The lowest BCUT2D eigenvalue weighted by Crippen LogP contribution is -2.47. The first kappa shape index (κ1) is 20.5. The Kier molecular flexibility index (Phi) is 5.59. The second-order valence-electron chi connectivity index (χ2n) is 9.11. The van der Waals surface area contributed by atoms with Crippen molar-refractivity contribution in [2.45, 2.75) is 50.9 Å². The molecule has 2 N–H and O–H groups in total. The van der Waals surface area contributed by atoms with E-state index in [0.29, 0.717) is 10.8 Å². The Labute approximate surface area is 179 Å². The van der Waals surface area contributed by atoms with Crippen molar-refractivity contribution in [2.24, 2.45) is 5.41 Å². The van der Waals surface area contributed by atoms with E-state index in [2.05, 4.69) is 41.7 Å². The van der Waals surface area contributed by atoms with Gasteiger partial charge in [-0.15, -0.1) is 0 Å². The number of allylic oxidation sites excluding steroid dienone is 1. The summed E-state index contributed by atoms with van der Waals surface area (Å²) in [5.74, 6) is 0.0190. The number of hydrogen-bond acceptors (Lipinski definition) is 3. The third-order valence-electron chi connectivity index (χ3n) is 7.43. The fraction of sp³-hybridized carbons (Fsp3) is 0.423. The molecular formula is C26H31NO3. The monoisotopic (exact) mass is 405 g/mol. The number of methoxy groups -OCH3 is 1. The number of carbonyl (C=O) groups is 1. The van der Waals surface area contributed by atoms with Gasteiger partial charge >= 0.3 is 5.97 Å². The van der Waals surface area contributed by atoms with Crippen molar-refractivity contribution in [1.29, 1.82) is 0 Å². The first-order chi connectivity index (χ1) is 14.4. The van der Waals surface area contributed by atoms with Gasteiger partial charge in [-0.3, -0.25) is 0 Å². The zero-order valence-electron chi connectivity index (χ0n) is 17.9. The van der Waals surface area contributed by atoms with E-state index < -0.39 is 5.97 Å². The summed E-state index contributed by atoms with van der Waals surface area (Å²) in [4.78, 5) is 10.9. The highest BCUT2D eigenvalue weighted by Gasteiger charge is 2.49. The minimum absolute atomic E-state index is 0.340. The van der Waals surface area contributed by atoms with Crippen molar-refractivity contribution in [3.63, 3.8) is 0 Å². The molecule has 4 heteroatoms. The molecule has 0 unspecified atom stereocenters. The Hall–Kier alpha value is -2.75. The van der Waals surface area contributed by atoms with E-state index in [0.717, 1.165) is 29.1 Å². The summed E-state index contributed by atoms with van der Waals surface area (Å²) in [7, 11) is 1.72. The van der Waals surface area contributed by atoms with Crippen LogP contribution in [0.3, 0.4) is 0 Å². The largest absolute Gasteiger partial charge is 0.497 e. The zero-order chi connectivity index (χ0) is 21.2. The first-order valence-corrected chi connectivity index (χ1v) is 10.8. The molecule has 2 aromatic rings. The van der Waals surface area contributed by atoms with E-state index in [1.165, 1.54) is 50.2 Å². The van der Waals surface area contributed by atoms with Gasteiger partial charge in [0.1, 0.15) is 5.75 Å². The molecule has 3 aliphatic rings. The fourth-order valence-electron chi connectivity index (χ4n) is 5.34. The van der Waals surface area contributed by atoms with E-state index in [1.54, 1.807) is 7.11 Å². The molecular weight excluding hydrogens is 374 g/mol. The van der Waals surface area contributed by atoms with Gasteiger partial charge in [-0.2, -0.15) is 0 Å². The van der Waals surface area contributed by atoms with Crippen molar-refractivity contribution in [3.8, 4) is 5.75 Å². The summed E-state index contributed by atoms with van der Waals surface area (Å²) in [6.07, 6.45) is 8.78. The van der Waals surface area contributed by atoms with Gasteiger partial charge in [-0.1, -0.05) is 24.3 Å². The van der Waals surface area contributed by atoms with E-state index in [1.807, 2.05) is 19.1 Å². The number of fused-ring (bicyclic) bond motifs is 3. The maximum atomic E-state index is 10.9. The predicted octanol–water partition coefficient (Wildman–Crippen LogP) is 5.89. The summed E-state index contributed by atoms with van der Waals surface area (Å²) in [5.41, 5.74) is 4.97. The molecule has 2 bridgehead atoms. The molecule has 3 fully saturated rings. The quantitative estimate of drug-likeness (QED) is 0.564. The molecule has 0 aliphatic heterocycles. The number of carboxylic acids is 1. The van der Waals surface area contributed by atoms with Gasteiger partial charge in [0, 0.05) is 18.3 Å². The topological polar surface area (TPSA) is 58.6 Å². The van der Waals surface area contributed by atoms with Crippen molar-refractivity contribution >= 4 is 17.2 Å². The first-order valence-electron chi connectivity index (χ1n) is 10.8. The maximum absolute atomic E-state index is 10.9. The second kappa shape index (κ2) is 8.17. The number of nitrogens with one attached hydrogen (secondary N) is 1. The van der Waals surface area contributed by atoms with Crippen molar-refractivity contribution in [2.75, 3.05) is 19.0 Å². The number of rotatable bonds is 7. The van der Waals surface area contributed by atoms with Gasteiger partial charge in [0.2, 0.25) is 0 Å². The Morgan fingerprint density at radius 2 is 1.73 bits per heavy atom. The van der Waals surface area contributed by atoms with Gasteiger partial charge < -0.3 is 15.2 Å². The number of hydrogen-bond donors (Lipinski definition) is 2. The summed E-state index contributed by atoms with van der Waals surface area (Å²) < 4.78 is 5.32. The lowest BCUT2D eigenvalue weighted by atomic mass is 9.52. The van der Waals surface area contributed by atoms with E-state index in [9.17, 15) is 4.79 Å². The molecule has 0 saturated heterocycles. The van der Waals surface area contributed by atoms with Crippen LogP contribution in [-0.2, 0) is 10.2 Å². The highest BCUT2D eigenvalue weighted by Crippen LogP contribution is 2.57. The highest BCUT2D eigenvalue weighted by molar-refractivity contribution is 5.89. The Bertz CT molecular complexity index is 920. The second-order valence-corrected chi connectivity index (χ2v) is 9.11. The zero-order valence-corrected chi connectivity index (χ0v) is 17.9. The van der Waals surface area contributed by atoms with Gasteiger partial charge in [-0.05, 0) is 97.2 Å². The smallest absolute Gasteiger partial charge is 0.328 e. The minimum atomic E-state index is -0.908. The fourth-order valence-corrected chi connectivity index (χ4v) is 5.34. The van der Waals surface area contributed by atoms with Crippen LogP contribution in [0.4, 0.5) is 5.69 Å². The number of carboxylic acid groups (broad SMARTS) is 1. The van der Waals surface area contributed by atoms with Crippen molar-refractivity contribution < 1.29 is 14.6 Å². The SMILES string of the molecule is COc1ccc(C23CCC(CNc4cccc(/C(C)=C/C(=O)O)c4)(CC2)CC3)cc1. The summed E-state index contributed by atoms with van der Waals surface area (Å²) in [6, 6.07) is 16.8. The molecule has 0 atom stereocenters. The maximum Gasteiger partial charge on any atom is 0.328 e. The van der Waals surface area contributed by atoms with Gasteiger partial charge in [0.25, 0.3) is 0 Å². The van der Waals surface area contributed by atoms with Crippen LogP contribution in [0, 0.1) is 5.41 Å². The van der Waals surface area contributed by atoms with Crippen LogP contribution in [0.15, 0.2) is 54.6 Å². The third-order valence-corrected chi connectivity index (χ3v) is 7.43. The van der Waals surface area contributed by atoms with Crippen LogP contribution in [-0.4, -0.2) is 24.7 Å². The molecule has 3 saturated carbocycles. The Morgan fingerprint density at radius 3 is 2.33 bits per heavy atom. The number of aliphatic carboxylic acids is 1. The average Bonchev–Trinajstić information content (AvgIpc) is 2.79. The molecule has 5 rings (SSSR count). The lowest BCUT2D eigenvalue weighted by Gasteiger charge is -2.54. The molecule has 0 amide bonds. The molecule has 0 spiro atoms. The lowest BCUT2D eigenvalue weighted by molar-refractivity contribution is -0.131. The predicted molar refractivity (Wildman–Crippen MR) is 121 cm³/mol. The van der Waals surface area contributed by atoms with Gasteiger partial charge in [0.05, 0.1) is 7.11 Å². The molecule has 4 nitrogen and oxygen atoms in total. The van der Waals surface area contributed by atoms with Gasteiger partial charge in [0.15, 0.2) is 0 Å². The number of benzene rings is 2. The van der Waals surface area contributed by atoms with Crippen LogP contribution in [0.1, 0.15) is 56.6 Å². The van der Waals surface area contributed by atoms with Crippen LogP contribution >= 0.6 is 0 Å². The van der Waals surface area contributed by atoms with Crippen LogP contribution in [0.5, 0.6) is 5.75 Å². The Balaban J connectivity index is 1.40. The summed E-state index contributed by atoms with van der Waals surface area (Å²) in [6.45, 7) is 2.82. The van der Waals surface area contributed by atoms with Crippen LogP contribution in [0.2, 0.25) is 0 Å². The normalized spacial score (nSPS) is 25.7. The van der Waals surface area contributed by atoms with E-state index in [4.69, 9.17) is 9.84 Å². The Morgan fingerprint density at radius 1 is 1.07 bits per heavy atom. The summed E-state index contributed by atoms with van der Waals surface area (Å²) >= 11 is 0. The average molecular weight is 406 g/mol. The molecule has 0 heterocycles. The molecule has 30 heavy (non-hydrogen) atoms. The van der Waals surface area contributed by atoms with E-state index in [-0.39, 0.29) is 0 Å². The number of ether oxygens (including phenoxy) is 1. The third kappa shape index (κ3) is 4.09. The van der Waals surface area contributed by atoms with E-state index >= 15 is 0 Å². The standard InChI is InChI=1S/C26H31NO3/c1-19(16-24(28)29)20-4-3-5-22(17-20)27-18-25-10-13-26(14-11-25,15-12-25)21-6-8-23(30-2)9-7-21/h3-9,16-17,27H,10-15,18H2,1-2H3,(H,28,29)/b19-16+. The molecule has 2 aromatic carbocycles. The molecule has 3 aliphatic carbocycles. The number of anilines is 1.